The van der Waals surface area contributed by atoms with Crippen molar-refractivity contribution in [2.75, 3.05) is 13.2 Å². The molecular formula is C14H26N2O2. The molecule has 2 fully saturated rings. The molecule has 0 bridgehead atoms. The molecule has 0 aromatic heterocycles. The predicted octanol–water partition coefficient (Wildman–Crippen LogP) is 1.59. The fourth-order valence-corrected chi connectivity index (χ4v) is 2.95. The minimum Gasteiger partial charge on any atom is -0.375 e. The van der Waals surface area contributed by atoms with Crippen LogP contribution in [0.25, 0.3) is 0 Å². The highest BCUT2D eigenvalue weighted by molar-refractivity contribution is 5.86. The number of carbonyl (C=O) groups is 1. The molecule has 2 N–H and O–H groups in total. The second-order valence-corrected chi connectivity index (χ2v) is 6.49. The van der Waals surface area contributed by atoms with E-state index in [2.05, 4.69) is 24.5 Å². The molecule has 2 rings (SSSR count). The maximum Gasteiger partial charge on any atom is 0.240 e. The lowest BCUT2D eigenvalue weighted by molar-refractivity contribution is -0.130. The quantitative estimate of drug-likeness (QED) is 0.787. The molecule has 0 spiro atoms. The minimum atomic E-state index is -0.374. The second kappa shape index (κ2) is 5.17. The van der Waals surface area contributed by atoms with Crippen molar-refractivity contribution in [1.82, 2.24) is 10.6 Å². The summed E-state index contributed by atoms with van der Waals surface area (Å²) in [6.45, 7) is 7.88. The maximum atomic E-state index is 12.4. The van der Waals surface area contributed by atoms with Crippen LogP contribution in [0.3, 0.4) is 0 Å². The van der Waals surface area contributed by atoms with Gasteiger partial charge in [0, 0.05) is 12.6 Å². The van der Waals surface area contributed by atoms with Gasteiger partial charge in [0.2, 0.25) is 5.91 Å². The molecule has 2 saturated heterocycles. The van der Waals surface area contributed by atoms with E-state index in [1.165, 1.54) is 6.42 Å². The van der Waals surface area contributed by atoms with Crippen LogP contribution in [0.5, 0.6) is 0 Å². The van der Waals surface area contributed by atoms with Gasteiger partial charge in [-0.25, -0.2) is 0 Å². The molecule has 1 amide bonds. The van der Waals surface area contributed by atoms with Crippen LogP contribution < -0.4 is 10.6 Å². The first kappa shape index (κ1) is 13.8. The number of hydrogen-bond donors (Lipinski definition) is 2. The van der Waals surface area contributed by atoms with Crippen LogP contribution in [-0.4, -0.2) is 36.2 Å². The molecule has 2 unspecified atom stereocenters. The Kier molecular flexibility index (Phi) is 3.97. The van der Waals surface area contributed by atoms with E-state index in [4.69, 9.17) is 4.74 Å². The lowest BCUT2D eigenvalue weighted by Crippen LogP contribution is -2.59. The van der Waals surface area contributed by atoms with Gasteiger partial charge in [-0.05, 0) is 59.4 Å². The lowest BCUT2D eigenvalue weighted by atomic mass is 9.88. The monoisotopic (exact) mass is 254 g/mol. The highest BCUT2D eigenvalue weighted by Gasteiger charge is 2.37. The van der Waals surface area contributed by atoms with Crippen molar-refractivity contribution in [3.8, 4) is 0 Å². The molecule has 2 atom stereocenters. The third-order valence-corrected chi connectivity index (χ3v) is 4.15. The van der Waals surface area contributed by atoms with Gasteiger partial charge in [-0.3, -0.25) is 4.79 Å². The third-order valence-electron chi connectivity index (χ3n) is 4.15. The van der Waals surface area contributed by atoms with Crippen LogP contribution in [-0.2, 0) is 9.53 Å². The smallest absolute Gasteiger partial charge is 0.240 e. The molecule has 0 radical (unpaired) electrons. The zero-order valence-electron chi connectivity index (χ0n) is 11.8. The summed E-state index contributed by atoms with van der Waals surface area (Å²) in [6.07, 6.45) is 5.06. The highest BCUT2D eigenvalue weighted by atomic mass is 16.5. The van der Waals surface area contributed by atoms with Crippen LogP contribution in [0.4, 0.5) is 0 Å². The molecular weight excluding hydrogens is 228 g/mol. The standard InChI is InChI=1S/C14H26N2O2/c1-13(2)10-11(6-9-18-13)16-12(17)14(3)7-4-5-8-15-14/h11,15H,4-10H2,1-3H3,(H,16,17). The van der Waals surface area contributed by atoms with Gasteiger partial charge in [0.1, 0.15) is 0 Å². The van der Waals surface area contributed by atoms with E-state index in [0.29, 0.717) is 0 Å². The summed E-state index contributed by atoms with van der Waals surface area (Å²) in [5.74, 6) is 0.157. The van der Waals surface area contributed by atoms with Gasteiger partial charge in [0.15, 0.2) is 0 Å². The molecule has 2 aliphatic rings. The topological polar surface area (TPSA) is 50.4 Å². The summed E-state index contributed by atoms with van der Waals surface area (Å²) in [7, 11) is 0. The molecule has 0 saturated carbocycles. The first-order valence-electron chi connectivity index (χ1n) is 7.11. The Hall–Kier alpha value is -0.610. The van der Waals surface area contributed by atoms with Crippen LogP contribution in [0.1, 0.15) is 52.9 Å². The molecule has 2 aliphatic heterocycles. The minimum absolute atomic E-state index is 0.114. The Morgan fingerprint density at radius 1 is 1.33 bits per heavy atom. The number of piperidine rings is 1. The van der Waals surface area contributed by atoms with Crippen LogP contribution in [0.2, 0.25) is 0 Å². The fraction of sp³-hybridized carbons (Fsp3) is 0.929. The summed E-state index contributed by atoms with van der Waals surface area (Å²) in [5, 5.41) is 6.57. The van der Waals surface area contributed by atoms with E-state index in [0.717, 1.165) is 38.8 Å². The van der Waals surface area contributed by atoms with Crippen LogP contribution >= 0.6 is 0 Å². The van der Waals surface area contributed by atoms with E-state index in [1.54, 1.807) is 0 Å². The Balaban J connectivity index is 1.90. The summed E-state index contributed by atoms with van der Waals surface area (Å²) in [6, 6.07) is 0.252. The van der Waals surface area contributed by atoms with Gasteiger partial charge in [-0.1, -0.05) is 0 Å². The third kappa shape index (κ3) is 3.23. The maximum absolute atomic E-state index is 12.4. The normalized spacial score (nSPS) is 36.1. The summed E-state index contributed by atoms with van der Waals surface area (Å²) >= 11 is 0. The number of rotatable bonds is 2. The predicted molar refractivity (Wildman–Crippen MR) is 71.5 cm³/mol. The zero-order valence-corrected chi connectivity index (χ0v) is 11.8. The van der Waals surface area contributed by atoms with E-state index < -0.39 is 0 Å². The van der Waals surface area contributed by atoms with Crippen LogP contribution in [0.15, 0.2) is 0 Å². The molecule has 0 aromatic rings. The van der Waals surface area contributed by atoms with Gasteiger partial charge in [0.25, 0.3) is 0 Å². The van der Waals surface area contributed by atoms with Gasteiger partial charge in [-0.2, -0.15) is 0 Å². The van der Waals surface area contributed by atoms with E-state index in [9.17, 15) is 4.79 Å². The highest BCUT2D eigenvalue weighted by Crippen LogP contribution is 2.25. The van der Waals surface area contributed by atoms with Crippen molar-refractivity contribution in [2.24, 2.45) is 0 Å². The zero-order chi connectivity index (χ0) is 13.2. The summed E-state index contributed by atoms with van der Waals surface area (Å²) in [4.78, 5) is 12.4. The van der Waals surface area contributed by atoms with Crippen molar-refractivity contribution in [3.05, 3.63) is 0 Å². The summed E-state index contributed by atoms with van der Waals surface area (Å²) in [5.41, 5.74) is -0.488. The SMILES string of the molecule is CC1(C)CC(NC(=O)C2(C)CCCCN2)CCO1. The lowest BCUT2D eigenvalue weighted by Gasteiger charge is -2.39. The van der Waals surface area contributed by atoms with Gasteiger partial charge in [0.05, 0.1) is 11.1 Å². The van der Waals surface area contributed by atoms with Crippen molar-refractivity contribution in [1.29, 1.82) is 0 Å². The van der Waals surface area contributed by atoms with Crippen LogP contribution in [0, 0.1) is 0 Å². The van der Waals surface area contributed by atoms with Gasteiger partial charge >= 0.3 is 0 Å². The molecule has 0 aliphatic carbocycles. The van der Waals surface area contributed by atoms with Crippen molar-refractivity contribution >= 4 is 5.91 Å². The Morgan fingerprint density at radius 2 is 2.11 bits per heavy atom. The Labute approximate surface area is 110 Å². The number of ether oxygens (including phenoxy) is 1. The fourth-order valence-electron chi connectivity index (χ4n) is 2.95. The Morgan fingerprint density at radius 3 is 2.72 bits per heavy atom. The molecule has 4 nitrogen and oxygen atoms in total. The molecule has 2 heterocycles. The molecule has 4 heteroatoms. The van der Waals surface area contributed by atoms with E-state index >= 15 is 0 Å². The number of nitrogens with one attached hydrogen (secondary N) is 2. The molecule has 0 aromatic carbocycles. The molecule has 104 valence electrons. The first-order chi connectivity index (χ1) is 8.41. The number of amides is 1. The largest absolute Gasteiger partial charge is 0.375 e. The second-order valence-electron chi connectivity index (χ2n) is 6.49. The Bertz CT molecular complexity index is 309. The van der Waals surface area contributed by atoms with Crippen molar-refractivity contribution in [3.63, 3.8) is 0 Å². The summed E-state index contributed by atoms with van der Waals surface area (Å²) < 4.78 is 5.68. The van der Waals surface area contributed by atoms with Gasteiger partial charge < -0.3 is 15.4 Å². The number of hydrogen-bond acceptors (Lipinski definition) is 3. The average Bonchev–Trinajstić information content (AvgIpc) is 2.28. The van der Waals surface area contributed by atoms with Crippen molar-refractivity contribution < 1.29 is 9.53 Å². The number of carbonyl (C=O) groups excluding carboxylic acids is 1. The van der Waals surface area contributed by atoms with E-state index in [-0.39, 0.29) is 23.1 Å². The van der Waals surface area contributed by atoms with Gasteiger partial charge in [-0.15, -0.1) is 0 Å². The van der Waals surface area contributed by atoms with Crippen molar-refractivity contribution in [2.45, 2.75) is 70.1 Å². The van der Waals surface area contributed by atoms with E-state index in [1.807, 2.05) is 6.92 Å². The first-order valence-corrected chi connectivity index (χ1v) is 7.11. The molecule has 18 heavy (non-hydrogen) atoms. The average molecular weight is 254 g/mol.